The molecule has 0 radical (unpaired) electrons. The van der Waals surface area contributed by atoms with Gasteiger partial charge in [-0.15, -0.1) is 0 Å². The van der Waals surface area contributed by atoms with Crippen molar-refractivity contribution in [2.75, 3.05) is 6.61 Å². The van der Waals surface area contributed by atoms with Gasteiger partial charge >= 0.3 is 0 Å². The molecular formula is C22H21NO2. The second-order valence-corrected chi connectivity index (χ2v) is 5.69. The highest BCUT2D eigenvalue weighted by atomic mass is 16.5. The van der Waals surface area contributed by atoms with Crippen molar-refractivity contribution in [1.29, 1.82) is 0 Å². The second-order valence-electron chi connectivity index (χ2n) is 5.69. The smallest absolute Gasteiger partial charge is 0.252 e. The molecule has 3 rings (SSSR count). The van der Waals surface area contributed by atoms with Gasteiger partial charge in [-0.25, -0.2) is 0 Å². The lowest BCUT2D eigenvalue weighted by atomic mass is 9.98. The summed E-state index contributed by atoms with van der Waals surface area (Å²) >= 11 is 0. The van der Waals surface area contributed by atoms with E-state index >= 15 is 0 Å². The van der Waals surface area contributed by atoms with Crippen LogP contribution in [0.4, 0.5) is 0 Å². The molecular weight excluding hydrogens is 310 g/mol. The maximum Gasteiger partial charge on any atom is 0.252 e. The van der Waals surface area contributed by atoms with Crippen LogP contribution in [0, 0.1) is 0 Å². The molecule has 0 aliphatic rings. The number of carbonyl (C=O) groups excluding carboxylic acids is 1. The number of rotatable bonds is 6. The molecule has 0 saturated heterocycles. The van der Waals surface area contributed by atoms with Crippen LogP contribution in [0.25, 0.3) is 0 Å². The van der Waals surface area contributed by atoms with Crippen LogP contribution >= 0.6 is 0 Å². The Morgan fingerprint density at radius 1 is 0.840 bits per heavy atom. The molecule has 3 nitrogen and oxygen atoms in total. The van der Waals surface area contributed by atoms with Gasteiger partial charge in [-0.2, -0.15) is 0 Å². The fourth-order valence-corrected chi connectivity index (χ4v) is 2.73. The Kier molecular flexibility index (Phi) is 5.47. The Balaban J connectivity index is 1.84. The fraction of sp³-hybridized carbons (Fsp3) is 0.136. The molecule has 0 atom stereocenters. The minimum absolute atomic E-state index is 0.110. The van der Waals surface area contributed by atoms with Gasteiger partial charge in [0.2, 0.25) is 0 Å². The minimum atomic E-state index is -0.193. The van der Waals surface area contributed by atoms with Crippen LogP contribution in [0.15, 0.2) is 84.9 Å². The molecule has 0 bridgehead atoms. The van der Waals surface area contributed by atoms with Crippen LogP contribution in [-0.4, -0.2) is 12.5 Å². The van der Waals surface area contributed by atoms with Crippen molar-refractivity contribution < 1.29 is 9.53 Å². The molecule has 0 unspecified atom stereocenters. The summed E-state index contributed by atoms with van der Waals surface area (Å²) in [6.07, 6.45) is 0. The first-order chi connectivity index (χ1) is 12.3. The van der Waals surface area contributed by atoms with Crippen LogP contribution in [0.2, 0.25) is 0 Å². The van der Waals surface area contributed by atoms with Crippen LogP contribution in [0.5, 0.6) is 5.75 Å². The first-order valence-electron chi connectivity index (χ1n) is 8.41. The molecule has 0 spiro atoms. The highest BCUT2D eigenvalue weighted by Gasteiger charge is 2.17. The van der Waals surface area contributed by atoms with Gasteiger partial charge < -0.3 is 10.1 Å². The Morgan fingerprint density at radius 3 is 1.84 bits per heavy atom. The van der Waals surface area contributed by atoms with Crippen molar-refractivity contribution in [2.24, 2.45) is 0 Å². The fourth-order valence-electron chi connectivity index (χ4n) is 2.73. The van der Waals surface area contributed by atoms with Crippen LogP contribution < -0.4 is 10.1 Å². The lowest BCUT2D eigenvalue weighted by molar-refractivity contribution is 0.0943. The Morgan fingerprint density at radius 2 is 1.36 bits per heavy atom. The molecule has 126 valence electrons. The monoisotopic (exact) mass is 331 g/mol. The molecule has 1 N–H and O–H groups in total. The van der Waals surface area contributed by atoms with Crippen molar-refractivity contribution in [3.05, 3.63) is 102 Å². The van der Waals surface area contributed by atoms with Crippen LogP contribution in [0.3, 0.4) is 0 Å². The first kappa shape index (κ1) is 16.8. The summed E-state index contributed by atoms with van der Waals surface area (Å²) in [6.45, 7) is 2.54. The molecule has 0 aliphatic carbocycles. The Labute approximate surface area is 148 Å². The predicted molar refractivity (Wildman–Crippen MR) is 99.8 cm³/mol. The third-order valence-electron chi connectivity index (χ3n) is 3.97. The van der Waals surface area contributed by atoms with Gasteiger partial charge in [-0.05, 0) is 42.3 Å². The highest BCUT2D eigenvalue weighted by molar-refractivity contribution is 5.94. The zero-order valence-corrected chi connectivity index (χ0v) is 14.2. The van der Waals surface area contributed by atoms with Gasteiger partial charge in [0.25, 0.3) is 5.91 Å². The summed E-state index contributed by atoms with van der Waals surface area (Å²) in [5.74, 6) is 0.655. The van der Waals surface area contributed by atoms with Gasteiger partial charge in [0.1, 0.15) is 5.75 Å². The van der Waals surface area contributed by atoms with Crippen molar-refractivity contribution in [2.45, 2.75) is 13.0 Å². The lowest BCUT2D eigenvalue weighted by Gasteiger charge is -2.20. The van der Waals surface area contributed by atoms with E-state index in [0.29, 0.717) is 12.2 Å². The van der Waals surface area contributed by atoms with Crippen molar-refractivity contribution >= 4 is 5.91 Å². The Bertz CT molecular complexity index is 759. The highest BCUT2D eigenvalue weighted by Crippen LogP contribution is 2.22. The molecule has 0 aromatic heterocycles. The summed E-state index contributed by atoms with van der Waals surface area (Å²) < 4.78 is 5.43. The van der Waals surface area contributed by atoms with Crippen LogP contribution in [-0.2, 0) is 0 Å². The van der Waals surface area contributed by atoms with Crippen molar-refractivity contribution in [3.8, 4) is 5.75 Å². The summed E-state index contributed by atoms with van der Waals surface area (Å²) in [7, 11) is 0. The number of hydrogen-bond donors (Lipinski definition) is 1. The predicted octanol–water partition coefficient (Wildman–Crippen LogP) is 4.60. The summed E-state index contributed by atoms with van der Waals surface area (Å²) in [4.78, 5) is 12.7. The number of benzene rings is 3. The van der Waals surface area contributed by atoms with Crippen LogP contribution in [0.1, 0.15) is 34.5 Å². The van der Waals surface area contributed by atoms with E-state index in [2.05, 4.69) is 5.32 Å². The van der Waals surface area contributed by atoms with E-state index in [1.165, 1.54) is 0 Å². The maximum atomic E-state index is 12.7. The van der Waals surface area contributed by atoms with E-state index < -0.39 is 0 Å². The molecule has 1 amide bonds. The number of nitrogens with one attached hydrogen (secondary N) is 1. The number of carbonyl (C=O) groups is 1. The average molecular weight is 331 g/mol. The molecule has 3 heteroatoms. The summed E-state index contributed by atoms with van der Waals surface area (Å²) in [5.41, 5.74) is 2.71. The van der Waals surface area contributed by atoms with E-state index in [1.54, 1.807) is 12.1 Å². The number of ether oxygens (including phenoxy) is 1. The largest absolute Gasteiger partial charge is 0.494 e. The van der Waals surface area contributed by atoms with Crippen molar-refractivity contribution in [3.63, 3.8) is 0 Å². The Hall–Kier alpha value is -3.07. The molecule has 0 heterocycles. The van der Waals surface area contributed by atoms with Crippen molar-refractivity contribution in [1.82, 2.24) is 5.32 Å². The third kappa shape index (κ3) is 4.27. The van der Waals surface area contributed by atoms with Gasteiger partial charge in [-0.1, -0.05) is 60.7 Å². The lowest BCUT2D eigenvalue weighted by Crippen LogP contribution is -2.29. The third-order valence-corrected chi connectivity index (χ3v) is 3.97. The zero-order chi connectivity index (χ0) is 17.5. The first-order valence-corrected chi connectivity index (χ1v) is 8.41. The average Bonchev–Trinajstić information content (AvgIpc) is 2.68. The number of amides is 1. The molecule has 3 aromatic carbocycles. The van der Waals surface area contributed by atoms with E-state index in [-0.39, 0.29) is 11.9 Å². The van der Waals surface area contributed by atoms with E-state index in [0.717, 1.165) is 16.9 Å². The zero-order valence-electron chi connectivity index (χ0n) is 14.2. The second kappa shape index (κ2) is 8.15. The summed E-state index contributed by atoms with van der Waals surface area (Å²) in [6, 6.07) is 27.0. The molecule has 0 saturated carbocycles. The van der Waals surface area contributed by atoms with E-state index in [9.17, 15) is 4.79 Å². The minimum Gasteiger partial charge on any atom is -0.494 e. The maximum absolute atomic E-state index is 12.7. The van der Waals surface area contributed by atoms with Gasteiger partial charge in [0.15, 0.2) is 0 Å². The summed E-state index contributed by atoms with van der Waals surface area (Å²) in [5, 5.41) is 3.14. The normalized spacial score (nSPS) is 10.5. The molecule has 25 heavy (non-hydrogen) atoms. The topological polar surface area (TPSA) is 38.3 Å². The SMILES string of the molecule is CCOc1ccc(C(=O)NC(c2ccccc2)c2ccccc2)cc1. The molecule has 0 aliphatic heterocycles. The quantitative estimate of drug-likeness (QED) is 0.716. The molecule has 0 fully saturated rings. The molecule has 3 aromatic rings. The van der Waals surface area contributed by atoms with Gasteiger partial charge in [-0.3, -0.25) is 4.79 Å². The van der Waals surface area contributed by atoms with Gasteiger partial charge in [0.05, 0.1) is 12.6 Å². The van der Waals surface area contributed by atoms with E-state index in [4.69, 9.17) is 4.74 Å². The number of hydrogen-bond acceptors (Lipinski definition) is 2. The standard InChI is InChI=1S/C22H21NO2/c1-2-25-20-15-13-19(14-16-20)22(24)23-21(17-9-5-3-6-10-17)18-11-7-4-8-12-18/h3-16,21H,2H2,1H3,(H,23,24). The van der Waals surface area contributed by atoms with Gasteiger partial charge in [0, 0.05) is 5.56 Å². The van der Waals surface area contributed by atoms with E-state index in [1.807, 2.05) is 79.7 Å².